The molecule has 3 nitrogen and oxygen atoms in total. The third-order valence-corrected chi connectivity index (χ3v) is 3.21. The van der Waals surface area contributed by atoms with Gasteiger partial charge in [-0.3, -0.25) is 0 Å². The maximum atomic E-state index is 5.83. The maximum absolute atomic E-state index is 5.83. The van der Waals surface area contributed by atoms with E-state index in [1.165, 1.54) is 11.1 Å². The van der Waals surface area contributed by atoms with Gasteiger partial charge in [-0.05, 0) is 35.4 Å². The lowest BCUT2D eigenvalue weighted by atomic mass is 10.1. The molecule has 2 aromatic rings. The Morgan fingerprint density at radius 3 is 2.71 bits per heavy atom. The van der Waals surface area contributed by atoms with Crippen molar-refractivity contribution in [3.05, 3.63) is 52.7 Å². The number of hydrogen-bond acceptors (Lipinski definition) is 3. The van der Waals surface area contributed by atoms with E-state index in [0.717, 1.165) is 24.6 Å². The van der Waals surface area contributed by atoms with Crippen LogP contribution in [0.4, 0.5) is 11.5 Å². The van der Waals surface area contributed by atoms with Crippen LogP contribution < -0.4 is 10.6 Å². The van der Waals surface area contributed by atoms with Crippen LogP contribution in [-0.2, 0) is 13.1 Å². The van der Waals surface area contributed by atoms with E-state index in [-0.39, 0.29) is 0 Å². The van der Waals surface area contributed by atoms with Gasteiger partial charge in [0.1, 0.15) is 5.82 Å². The highest BCUT2D eigenvalue weighted by Gasteiger charge is 2.19. The normalized spacial score (nSPS) is 13.8. The van der Waals surface area contributed by atoms with Gasteiger partial charge in [-0.1, -0.05) is 17.7 Å². The summed E-state index contributed by atoms with van der Waals surface area (Å²) < 4.78 is 0. The van der Waals surface area contributed by atoms with E-state index in [1.807, 2.05) is 24.3 Å². The summed E-state index contributed by atoms with van der Waals surface area (Å²) in [5.41, 5.74) is 9.19. The first-order valence-electron chi connectivity index (χ1n) is 5.46. The number of benzene rings is 1. The molecule has 17 heavy (non-hydrogen) atoms. The molecule has 0 aliphatic carbocycles. The Hall–Kier alpha value is -1.74. The van der Waals surface area contributed by atoms with Gasteiger partial charge in [0.2, 0.25) is 0 Å². The Balaban J connectivity index is 1.88. The third kappa shape index (κ3) is 1.94. The molecule has 0 saturated carbocycles. The predicted octanol–water partition coefficient (Wildman–Crippen LogP) is 2.84. The van der Waals surface area contributed by atoms with Crippen molar-refractivity contribution in [2.45, 2.75) is 13.1 Å². The molecular formula is C13H12ClN3. The molecule has 0 spiro atoms. The summed E-state index contributed by atoms with van der Waals surface area (Å²) >= 11 is 5.83. The number of nitrogen functional groups attached to an aromatic ring is 1. The number of rotatable bonds is 1. The molecule has 2 heterocycles. The summed E-state index contributed by atoms with van der Waals surface area (Å²) in [6.45, 7) is 1.74. The van der Waals surface area contributed by atoms with E-state index >= 15 is 0 Å². The van der Waals surface area contributed by atoms with E-state index in [9.17, 15) is 0 Å². The van der Waals surface area contributed by atoms with Gasteiger partial charge >= 0.3 is 0 Å². The molecule has 0 amide bonds. The summed E-state index contributed by atoms with van der Waals surface area (Å²) in [7, 11) is 0. The fourth-order valence-electron chi connectivity index (χ4n) is 2.13. The highest BCUT2D eigenvalue weighted by molar-refractivity contribution is 6.30. The average Bonchev–Trinajstić information content (AvgIpc) is 2.72. The number of fused-ring (bicyclic) bond motifs is 1. The summed E-state index contributed by atoms with van der Waals surface area (Å²) in [4.78, 5) is 6.54. The van der Waals surface area contributed by atoms with Crippen LogP contribution in [0, 0.1) is 0 Å². The zero-order valence-corrected chi connectivity index (χ0v) is 9.98. The number of aromatic nitrogens is 1. The molecule has 0 unspecified atom stereocenters. The van der Waals surface area contributed by atoms with E-state index in [2.05, 4.69) is 16.0 Å². The summed E-state index contributed by atoms with van der Waals surface area (Å²) in [5, 5.41) is 0.662. The summed E-state index contributed by atoms with van der Waals surface area (Å²) in [5.74, 6) is 0.948. The summed E-state index contributed by atoms with van der Waals surface area (Å²) in [6.07, 6.45) is 1.67. The van der Waals surface area contributed by atoms with Crippen LogP contribution in [0.3, 0.4) is 0 Å². The topological polar surface area (TPSA) is 42.1 Å². The van der Waals surface area contributed by atoms with Crippen LogP contribution in [0.5, 0.6) is 0 Å². The molecule has 1 aliphatic heterocycles. The van der Waals surface area contributed by atoms with Crippen molar-refractivity contribution in [3.8, 4) is 0 Å². The number of nitrogens with two attached hydrogens (primary N) is 1. The van der Waals surface area contributed by atoms with Crippen molar-refractivity contribution in [2.24, 2.45) is 0 Å². The van der Waals surface area contributed by atoms with Gasteiger partial charge in [-0.25, -0.2) is 4.98 Å². The van der Waals surface area contributed by atoms with Crippen molar-refractivity contribution in [2.75, 3.05) is 10.6 Å². The first-order valence-corrected chi connectivity index (χ1v) is 5.84. The van der Waals surface area contributed by atoms with Crippen molar-refractivity contribution < 1.29 is 0 Å². The van der Waals surface area contributed by atoms with Gasteiger partial charge in [0.15, 0.2) is 0 Å². The van der Waals surface area contributed by atoms with Gasteiger partial charge in [-0.2, -0.15) is 0 Å². The van der Waals surface area contributed by atoms with E-state index in [1.54, 1.807) is 6.20 Å². The Kier molecular flexibility index (Phi) is 2.41. The number of hydrogen-bond donors (Lipinski definition) is 1. The SMILES string of the molecule is Nc1ccc2c(c1)CN(c1ccc(Cl)cn1)C2. The van der Waals surface area contributed by atoms with Gasteiger partial charge < -0.3 is 10.6 Å². The number of nitrogens with zero attached hydrogens (tertiary/aromatic N) is 2. The number of anilines is 2. The number of pyridine rings is 1. The number of halogens is 1. The Bertz CT molecular complexity index is 551. The minimum absolute atomic E-state index is 0.662. The molecule has 1 aromatic carbocycles. The van der Waals surface area contributed by atoms with Crippen LogP contribution in [0.25, 0.3) is 0 Å². The second-order valence-corrected chi connectivity index (χ2v) is 4.66. The average molecular weight is 246 g/mol. The molecule has 0 atom stereocenters. The molecule has 3 rings (SSSR count). The monoisotopic (exact) mass is 245 g/mol. The molecule has 0 saturated heterocycles. The predicted molar refractivity (Wildman–Crippen MR) is 70.0 cm³/mol. The minimum Gasteiger partial charge on any atom is -0.399 e. The zero-order valence-electron chi connectivity index (χ0n) is 9.23. The molecular weight excluding hydrogens is 234 g/mol. The second-order valence-electron chi connectivity index (χ2n) is 4.22. The highest BCUT2D eigenvalue weighted by atomic mass is 35.5. The Labute approximate surface area is 105 Å². The van der Waals surface area contributed by atoms with Crippen molar-refractivity contribution in [1.29, 1.82) is 0 Å². The quantitative estimate of drug-likeness (QED) is 0.786. The van der Waals surface area contributed by atoms with Crippen molar-refractivity contribution in [3.63, 3.8) is 0 Å². The molecule has 4 heteroatoms. The van der Waals surface area contributed by atoms with Gasteiger partial charge in [0.05, 0.1) is 5.02 Å². The molecule has 1 aromatic heterocycles. The Morgan fingerprint density at radius 2 is 1.94 bits per heavy atom. The molecule has 0 radical (unpaired) electrons. The molecule has 0 fully saturated rings. The van der Waals surface area contributed by atoms with Crippen molar-refractivity contribution >= 4 is 23.1 Å². The van der Waals surface area contributed by atoms with Crippen LogP contribution in [0.15, 0.2) is 36.5 Å². The smallest absolute Gasteiger partial charge is 0.129 e. The lowest BCUT2D eigenvalue weighted by molar-refractivity contribution is 0.857. The van der Waals surface area contributed by atoms with Crippen LogP contribution in [-0.4, -0.2) is 4.98 Å². The third-order valence-electron chi connectivity index (χ3n) is 2.99. The zero-order chi connectivity index (χ0) is 11.8. The van der Waals surface area contributed by atoms with Crippen LogP contribution >= 0.6 is 11.6 Å². The van der Waals surface area contributed by atoms with Crippen LogP contribution in [0.1, 0.15) is 11.1 Å². The maximum Gasteiger partial charge on any atom is 0.129 e. The van der Waals surface area contributed by atoms with Crippen molar-refractivity contribution in [1.82, 2.24) is 4.98 Å². The summed E-state index contributed by atoms with van der Waals surface area (Å²) in [6, 6.07) is 9.86. The van der Waals surface area contributed by atoms with Gasteiger partial charge in [0, 0.05) is 25.0 Å². The lowest BCUT2D eigenvalue weighted by Crippen LogP contribution is -2.15. The fraction of sp³-hybridized carbons (Fsp3) is 0.154. The first kappa shape index (κ1) is 10.4. The highest BCUT2D eigenvalue weighted by Crippen LogP contribution is 2.28. The molecule has 1 aliphatic rings. The van der Waals surface area contributed by atoms with E-state index in [0.29, 0.717) is 5.02 Å². The second kappa shape index (κ2) is 3.93. The minimum atomic E-state index is 0.662. The van der Waals surface area contributed by atoms with E-state index < -0.39 is 0 Å². The van der Waals surface area contributed by atoms with Gasteiger partial charge in [0.25, 0.3) is 0 Å². The Morgan fingerprint density at radius 1 is 1.12 bits per heavy atom. The van der Waals surface area contributed by atoms with Crippen LogP contribution in [0.2, 0.25) is 5.02 Å². The lowest BCUT2D eigenvalue weighted by Gasteiger charge is -2.15. The molecule has 86 valence electrons. The molecule has 0 bridgehead atoms. The molecule has 2 N–H and O–H groups in total. The largest absolute Gasteiger partial charge is 0.399 e. The first-order chi connectivity index (χ1) is 8.22. The van der Waals surface area contributed by atoms with Gasteiger partial charge in [-0.15, -0.1) is 0 Å². The van der Waals surface area contributed by atoms with E-state index in [4.69, 9.17) is 17.3 Å². The standard InChI is InChI=1S/C13H12ClN3/c14-11-2-4-13(16-6-11)17-7-9-1-3-12(15)5-10(9)8-17/h1-6H,7-8,15H2. The fourth-order valence-corrected chi connectivity index (χ4v) is 2.24.